The molecule has 0 bridgehead atoms. The Hall–Kier alpha value is -1.91. The van der Waals surface area contributed by atoms with Crippen molar-refractivity contribution < 1.29 is 19.1 Å². The highest BCUT2D eigenvalue weighted by atomic mass is 19.1. The van der Waals surface area contributed by atoms with Gasteiger partial charge in [0.05, 0.1) is 0 Å². The van der Waals surface area contributed by atoms with Gasteiger partial charge in [-0.25, -0.2) is 9.18 Å². The molecule has 1 aliphatic carbocycles. The molecule has 5 heteroatoms. The minimum absolute atomic E-state index is 0.0463. The maximum atomic E-state index is 13.2. The average Bonchev–Trinajstić information content (AvgIpc) is 2.96. The number of amides is 1. The summed E-state index contributed by atoms with van der Waals surface area (Å²) in [5.74, 6) is -1.50. The van der Waals surface area contributed by atoms with Crippen LogP contribution >= 0.6 is 0 Å². The van der Waals surface area contributed by atoms with Crippen LogP contribution in [0.5, 0.6) is 0 Å². The van der Waals surface area contributed by atoms with Gasteiger partial charge in [0.15, 0.2) is 0 Å². The number of carbonyl (C=O) groups is 2. The lowest BCUT2D eigenvalue weighted by Crippen LogP contribution is -2.43. The van der Waals surface area contributed by atoms with Crippen LogP contribution in [0.15, 0.2) is 24.3 Å². The molecule has 2 aliphatic rings. The molecule has 1 saturated heterocycles. The van der Waals surface area contributed by atoms with Crippen LogP contribution in [0.4, 0.5) is 4.39 Å². The molecule has 1 N–H and O–H groups in total. The van der Waals surface area contributed by atoms with Gasteiger partial charge in [0.25, 0.3) is 5.91 Å². The van der Waals surface area contributed by atoms with Gasteiger partial charge < -0.3 is 10.0 Å². The second kappa shape index (κ2) is 4.89. The van der Waals surface area contributed by atoms with Crippen molar-refractivity contribution in [2.45, 2.75) is 25.3 Å². The standard InChI is InChI=1S/C15H16FNO3/c16-11-5-1-3-9(7-11)14(18)17-8-10-4-2-6-12(10)13(17)15(19)20/h1,3,5,7,10,12-13H,2,4,6,8H2,(H,19,20). The molecule has 0 aromatic heterocycles. The van der Waals surface area contributed by atoms with E-state index in [1.807, 2.05) is 0 Å². The Morgan fingerprint density at radius 3 is 2.80 bits per heavy atom. The normalized spacial score (nSPS) is 28.4. The van der Waals surface area contributed by atoms with Gasteiger partial charge in [-0.3, -0.25) is 4.79 Å². The van der Waals surface area contributed by atoms with Crippen LogP contribution in [-0.2, 0) is 4.79 Å². The van der Waals surface area contributed by atoms with E-state index in [0.717, 1.165) is 25.3 Å². The Balaban J connectivity index is 1.89. The lowest BCUT2D eigenvalue weighted by molar-refractivity contribution is -0.142. The second-order valence-electron chi connectivity index (χ2n) is 5.61. The van der Waals surface area contributed by atoms with Crippen molar-refractivity contribution in [1.82, 2.24) is 4.90 Å². The topological polar surface area (TPSA) is 57.6 Å². The van der Waals surface area contributed by atoms with E-state index in [-0.39, 0.29) is 23.3 Å². The first-order valence-corrected chi connectivity index (χ1v) is 6.87. The van der Waals surface area contributed by atoms with Gasteiger partial charge >= 0.3 is 5.97 Å². The Morgan fingerprint density at radius 1 is 1.30 bits per heavy atom. The molecule has 1 aromatic carbocycles. The number of likely N-dealkylation sites (tertiary alicyclic amines) is 1. The molecule has 1 amide bonds. The molecule has 106 valence electrons. The fraction of sp³-hybridized carbons (Fsp3) is 0.467. The van der Waals surface area contributed by atoms with E-state index >= 15 is 0 Å². The first kappa shape index (κ1) is 13.1. The predicted octanol–water partition coefficient (Wildman–Crippen LogP) is 2.15. The number of rotatable bonds is 2. The maximum absolute atomic E-state index is 13.2. The van der Waals surface area contributed by atoms with Crippen molar-refractivity contribution in [2.75, 3.05) is 6.54 Å². The number of fused-ring (bicyclic) bond motifs is 1. The van der Waals surface area contributed by atoms with E-state index in [9.17, 15) is 19.1 Å². The van der Waals surface area contributed by atoms with Crippen LogP contribution in [0, 0.1) is 17.7 Å². The number of carboxylic acids is 1. The van der Waals surface area contributed by atoms with Crippen molar-refractivity contribution in [3.05, 3.63) is 35.6 Å². The smallest absolute Gasteiger partial charge is 0.326 e. The number of carbonyl (C=O) groups excluding carboxylic acids is 1. The first-order valence-electron chi connectivity index (χ1n) is 6.87. The fourth-order valence-electron chi connectivity index (χ4n) is 3.62. The molecule has 1 heterocycles. The number of hydrogen-bond donors (Lipinski definition) is 1. The van der Waals surface area contributed by atoms with Crippen LogP contribution in [0.3, 0.4) is 0 Å². The molecular formula is C15H16FNO3. The number of hydrogen-bond acceptors (Lipinski definition) is 2. The molecule has 1 aromatic rings. The Morgan fingerprint density at radius 2 is 2.10 bits per heavy atom. The van der Waals surface area contributed by atoms with E-state index < -0.39 is 17.8 Å². The fourth-order valence-corrected chi connectivity index (χ4v) is 3.62. The minimum atomic E-state index is -0.954. The average molecular weight is 277 g/mol. The largest absolute Gasteiger partial charge is 0.480 e. The molecule has 2 fully saturated rings. The molecule has 1 aliphatic heterocycles. The third-order valence-electron chi connectivity index (χ3n) is 4.48. The molecule has 0 radical (unpaired) electrons. The number of nitrogens with zero attached hydrogens (tertiary/aromatic N) is 1. The molecular weight excluding hydrogens is 261 g/mol. The summed E-state index contributed by atoms with van der Waals surface area (Å²) < 4.78 is 13.2. The van der Waals surface area contributed by atoms with Crippen LogP contribution in [-0.4, -0.2) is 34.5 Å². The number of aliphatic carboxylic acids is 1. The van der Waals surface area contributed by atoms with E-state index in [0.29, 0.717) is 6.54 Å². The minimum Gasteiger partial charge on any atom is -0.480 e. The van der Waals surface area contributed by atoms with Crippen LogP contribution < -0.4 is 0 Å². The van der Waals surface area contributed by atoms with Crippen molar-refractivity contribution >= 4 is 11.9 Å². The van der Waals surface area contributed by atoms with Gasteiger partial charge in [-0.05, 0) is 42.9 Å². The Kier molecular flexibility index (Phi) is 3.20. The third kappa shape index (κ3) is 2.07. The SMILES string of the molecule is O=C(O)C1C2CCCC2CN1C(=O)c1cccc(F)c1. The molecule has 20 heavy (non-hydrogen) atoms. The van der Waals surface area contributed by atoms with Crippen LogP contribution in [0.25, 0.3) is 0 Å². The number of benzene rings is 1. The molecule has 4 nitrogen and oxygen atoms in total. The van der Waals surface area contributed by atoms with Gasteiger partial charge in [0.2, 0.25) is 0 Å². The zero-order valence-electron chi connectivity index (χ0n) is 11.0. The van der Waals surface area contributed by atoms with E-state index in [4.69, 9.17) is 0 Å². The summed E-state index contributed by atoms with van der Waals surface area (Å²) in [4.78, 5) is 25.3. The second-order valence-corrected chi connectivity index (χ2v) is 5.61. The molecule has 1 saturated carbocycles. The van der Waals surface area contributed by atoms with Crippen LogP contribution in [0.2, 0.25) is 0 Å². The highest BCUT2D eigenvalue weighted by Gasteiger charge is 2.49. The third-order valence-corrected chi connectivity index (χ3v) is 4.48. The van der Waals surface area contributed by atoms with Gasteiger partial charge in [0.1, 0.15) is 11.9 Å². The number of carboxylic acid groups (broad SMARTS) is 1. The monoisotopic (exact) mass is 277 g/mol. The summed E-state index contributed by atoms with van der Waals surface area (Å²) in [6.07, 6.45) is 2.86. The molecule has 3 unspecified atom stereocenters. The van der Waals surface area contributed by atoms with E-state index in [1.54, 1.807) is 0 Å². The Labute approximate surface area is 116 Å². The zero-order chi connectivity index (χ0) is 14.3. The quantitative estimate of drug-likeness (QED) is 0.901. The summed E-state index contributed by atoms with van der Waals surface area (Å²) in [6.45, 7) is 0.469. The maximum Gasteiger partial charge on any atom is 0.326 e. The van der Waals surface area contributed by atoms with Crippen molar-refractivity contribution in [1.29, 1.82) is 0 Å². The highest BCUT2D eigenvalue weighted by molar-refractivity contribution is 5.97. The summed E-state index contributed by atoms with van der Waals surface area (Å²) in [5, 5.41) is 9.41. The van der Waals surface area contributed by atoms with Gasteiger partial charge in [0, 0.05) is 12.1 Å². The first-order chi connectivity index (χ1) is 9.58. The van der Waals surface area contributed by atoms with Crippen molar-refractivity contribution in [3.63, 3.8) is 0 Å². The predicted molar refractivity (Wildman–Crippen MR) is 69.7 cm³/mol. The highest BCUT2D eigenvalue weighted by Crippen LogP contribution is 2.42. The van der Waals surface area contributed by atoms with Crippen molar-refractivity contribution in [3.8, 4) is 0 Å². The summed E-state index contributed by atoms with van der Waals surface area (Å²) in [5.41, 5.74) is 0.219. The summed E-state index contributed by atoms with van der Waals surface area (Å²) in [7, 11) is 0. The summed E-state index contributed by atoms with van der Waals surface area (Å²) >= 11 is 0. The lowest BCUT2D eigenvalue weighted by Gasteiger charge is -2.24. The zero-order valence-corrected chi connectivity index (χ0v) is 11.0. The van der Waals surface area contributed by atoms with Gasteiger partial charge in [-0.15, -0.1) is 0 Å². The van der Waals surface area contributed by atoms with Crippen molar-refractivity contribution in [2.24, 2.45) is 11.8 Å². The molecule has 3 rings (SSSR count). The lowest BCUT2D eigenvalue weighted by atomic mass is 9.94. The van der Waals surface area contributed by atoms with Crippen LogP contribution in [0.1, 0.15) is 29.6 Å². The van der Waals surface area contributed by atoms with E-state index in [1.165, 1.54) is 23.1 Å². The Bertz CT molecular complexity index is 560. The van der Waals surface area contributed by atoms with Gasteiger partial charge in [-0.1, -0.05) is 12.5 Å². The van der Waals surface area contributed by atoms with Gasteiger partial charge in [-0.2, -0.15) is 0 Å². The number of halogens is 1. The molecule has 0 spiro atoms. The summed E-state index contributed by atoms with van der Waals surface area (Å²) in [6, 6.07) is 4.66. The van der Waals surface area contributed by atoms with E-state index in [2.05, 4.69) is 0 Å². The molecule has 3 atom stereocenters.